The Bertz CT molecular complexity index is 542. The third-order valence-corrected chi connectivity index (χ3v) is 4.67. The first-order chi connectivity index (χ1) is 9.56. The lowest BCUT2D eigenvalue weighted by molar-refractivity contribution is 0.0697. The number of hydrogen-bond acceptors (Lipinski definition) is 3. The molecule has 1 aromatic heterocycles. The van der Waals surface area contributed by atoms with Gasteiger partial charge in [-0.3, -0.25) is 0 Å². The fourth-order valence-corrected chi connectivity index (χ4v) is 3.56. The van der Waals surface area contributed by atoms with Crippen LogP contribution >= 0.6 is 0 Å². The average molecular weight is 274 g/mol. The van der Waals surface area contributed by atoms with Gasteiger partial charge in [-0.05, 0) is 56.6 Å². The lowest BCUT2D eigenvalue weighted by atomic mass is 9.93. The molecule has 108 valence electrons. The maximum atomic E-state index is 11.6. The molecule has 1 N–H and O–H groups in total. The Kier molecular flexibility index (Phi) is 3.40. The fourth-order valence-electron chi connectivity index (χ4n) is 3.56. The van der Waals surface area contributed by atoms with E-state index < -0.39 is 5.97 Å². The van der Waals surface area contributed by atoms with E-state index in [0.717, 1.165) is 49.9 Å². The Morgan fingerprint density at radius 3 is 2.90 bits per heavy atom. The first-order valence-electron chi connectivity index (χ1n) is 7.59. The molecular formula is C16H22N2O2. The number of anilines is 1. The number of fused-ring (bicyclic) bond motifs is 1. The molecule has 1 saturated heterocycles. The van der Waals surface area contributed by atoms with Crippen molar-refractivity contribution in [2.45, 2.75) is 52.0 Å². The van der Waals surface area contributed by atoms with Crippen molar-refractivity contribution in [1.29, 1.82) is 0 Å². The van der Waals surface area contributed by atoms with Crippen LogP contribution in [0.3, 0.4) is 0 Å². The predicted octanol–water partition coefficient (Wildman–Crippen LogP) is 2.89. The van der Waals surface area contributed by atoms with Gasteiger partial charge < -0.3 is 10.0 Å². The van der Waals surface area contributed by atoms with Gasteiger partial charge in [0.2, 0.25) is 0 Å². The average Bonchev–Trinajstić information content (AvgIpc) is 2.84. The standard InChI is InChI=1S/C16H22N2O2/c1-10-6-7-18(11(2)8-10)15-13(16(19)20)9-12-4-3-5-14(12)17-15/h9-11H,3-8H2,1-2H3,(H,19,20). The van der Waals surface area contributed by atoms with Crippen molar-refractivity contribution in [3.05, 3.63) is 22.9 Å². The third kappa shape index (κ3) is 2.28. The van der Waals surface area contributed by atoms with Crippen LogP contribution in [0.5, 0.6) is 0 Å². The van der Waals surface area contributed by atoms with Crippen LogP contribution in [0, 0.1) is 5.92 Å². The molecule has 2 aliphatic rings. The molecule has 0 aromatic carbocycles. The van der Waals surface area contributed by atoms with E-state index in [0.29, 0.717) is 23.3 Å². The van der Waals surface area contributed by atoms with Crippen LogP contribution in [0.15, 0.2) is 6.07 Å². The predicted molar refractivity (Wildman–Crippen MR) is 78.4 cm³/mol. The van der Waals surface area contributed by atoms with E-state index in [2.05, 4.69) is 18.7 Å². The minimum absolute atomic E-state index is 0.365. The van der Waals surface area contributed by atoms with Crippen LogP contribution in [-0.4, -0.2) is 28.6 Å². The quantitative estimate of drug-likeness (QED) is 0.901. The van der Waals surface area contributed by atoms with Crippen molar-refractivity contribution in [3.63, 3.8) is 0 Å². The minimum atomic E-state index is -0.854. The second-order valence-electron chi connectivity index (χ2n) is 6.30. The number of rotatable bonds is 2. The van der Waals surface area contributed by atoms with Crippen molar-refractivity contribution < 1.29 is 9.90 Å². The Morgan fingerprint density at radius 2 is 2.20 bits per heavy atom. The van der Waals surface area contributed by atoms with Gasteiger partial charge in [-0.2, -0.15) is 0 Å². The van der Waals surface area contributed by atoms with E-state index in [4.69, 9.17) is 4.98 Å². The summed E-state index contributed by atoms with van der Waals surface area (Å²) >= 11 is 0. The van der Waals surface area contributed by atoms with Crippen molar-refractivity contribution in [2.24, 2.45) is 5.92 Å². The van der Waals surface area contributed by atoms with Crippen LogP contribution in [0.1, 0.15) is 54.7 Å². The van der Waals surface area contributed by atoms with E-state index in [-0.39, 0.29) is 0 Å². The number of aryl methyl sites for hydroxylation is 2. The van der Waals surface area contributed by atoms with Crippen molar-refractivity contribution in [2.75, 3.05) is 11.4 Å². The highest BCUT2D eigenvalue weighted by atomic mass is 16.4. The van der Waals surface area contributed by atoms with Gasteiger partial charge in [0.25, 0.3) is 0 Å². The number of carboxylic acids is 1. The van der Waals surface area contributed by atoms with Gasteiger partial charge in [0.15, 0.2) is 0 Å². The highest BCUT2D eigenvalue weighted by molar-refractivity contribution is 5.93. The summed E-state index contributed by atoms with van der Waals surface area (Å²) in [5.41, 5.74) is 2.62. The summed E-state index contributed by atoms with van der Waals surface area (Å²) < 4.78 is 0. The Balaban J connectivity index is 2.01. The minimum Gasteiger partial charge on any atom is -0.478 e. The number of aromatic nitrogens is 1. The zero-order chi connectivity index (χ0) is 14.3. The van der Waals surface area contributed by atoms with Crippen LogP contribution in [-0.2, 0) is 12.8 Å². The largest absolute Gasteiger partial charge is 0.478 e. The number of pyridine rings is 1. The molecule has 1 aromatic rings. The Morgan fingerprint density at radius 1 is 1.40 bits per heavy atom. The highest BCUT2D eigenvalue weighted by Crippen LogP contribution is 2.32. The number of hydrogen-bond donors (Lipinski definition) is 1. The molecule has 1 aliphatic heterocycles. The summed E-state index contributed by atoms with van der Waals surface area (Å²) in [5, 5.41) is 9.50. The normalized spacial score (nSPS) is 25.6. The van der Waals surface area contributed by atoms with E-state index in [1.165, 1.54) is 0 Å². The number of nitrogens with zero attached hydrogens (tertiary/aromatic N) is 2. The Hall–Kier alpha value is -1.58. The van der Waals surface area contributed by atoms with Gasteiger partial charge in [0.1, 0.15) is 11.4 Å². The Labute approximate surface area is 119 Å². The molecule has 4 nitrogen and oxygen atoms in total. The molecule has 0 amide bonds. The number of piperidine rings is 1. The lowest BCUT2D eigenvalue weighted by Gasteiger charge is -2.38. The molecule has 0 spiro atoms. The van der Waals surface area contributed by atoms with Gasteiger partial charge in [0, 0.05) is 18.3 Å². The number of carboxylic acid groups (broad SMARTS) is 1. The fraction of sp³-hybridized carbons (Fsp3) is 0.625. The maximum absolute atomic E-state index is 11.6. The van der Waals surface area contributed by atoms with Gasteiger partial charge in [-0.25, -0.2) is 9.78 Å². The van der Waals surface area contributed by atoms with Crippen LogP contribution < -0.4 is 4.90 Å². The molecule has 0 bridgehead atoms. The summed E-state index contributed by atoms with van der Waals surface area (Å²) in [6.07, 6.45) is 5.27. The number of aromatic carboxylic acids is 1. The number of carbonyl (C=O) groups is 1. The van der Waals surface area contributed by atoms with Crippen molar-refractivity contribution in [1.82, 2.24) is 4.98 Å². The van der Waals surface area contributed by atoms with Crippen LogP contribution in [0.4, 0.5) is 5.82 Å². The van der Waals surface area contributed by atoms with E-state index in [9.17, 15) is 9.90 Å². The summed E-state index contributed by atoms with van der Waals surface area (Å²) in [7, 11) is 0. The molecule has 3 rings (SSSR count). The van der Waals surface area contributed by atoms with Crippen LogP contribution in [0.2, 0.25) is 0 Å². The second kappa shape index (κ2) is 5.08. The monoisotopic (exact) mass is 274 g/mol. The van der Waals surface area contributed by atoms with Gasteiger partial charge >= 0.3 is 5.97 Å². The summed E-state index contributed by atoms with van der Waals surface area (Å²) in [5.74, 6) is 0.550. The van der Waals surface area contributed by atoms with Gasteiger partial charge in [-0.15, -0.1) is 0 Å². The van der Waals surface area contributed by atoms with Gasteiger partial charge in [0.05, 0.1) is 0 Å². The van der Waals surface area contributed by atoms with Gasteiger partial charge in [-0.1, -0.05) is 6.92 Å². The molecule has 20 heavy (non-hydrogen) atoms. The molecule has 0 saturated carbocycles. The molecule has 2 heterocycles. The zero-order valence-corrected chi connectivity index (χ0v) is 12.2. The highest BCUT2D eigenvalue weighted by Gasteiger charge is 2.29. The molecule has 1 aliphatic carbocycles. The van der Waals surface area contributed by atoms with Crippen molar-refractivity contribution in [3.8, 4) is 0 Å². The lowest BCUT2D eigenvalue weighted by Crippen LogP contribution is -2.41. The van der Waals surface area contributed by atoms with Crippen molar-refractivity contribution >= 4 is 11.8 Å². The summed E-state index contributed by atoms with van der Waals surface area (Å²) in [6.45, 7) is 5.35. The third-order valence-electron chi connectivity index (χ3n) is 4.67. The summed E-state index contributed by atoms with van der Waals surface area (Å²) in [6, 6.07) is 2.22. The zero-order valence-electron chi connectivity index (χ0n) is 12.2. The molecule has 4 heteroatoms. The van der Waals surface area contributed by atoms with E-state index in [1.54, 1.807) is 0 Å². The molecule has 2 unspecified atom stereocenters. The van der Waals surface area contributed by atoms with E-state index in [1.807, 2.05) is 6.07 Å². The maximum Gasteiger partial charge on any atom is 0.339 e. The second-order valence-corrected chi connectivity index (χ2v) is 6.30. The smallest absolute Gasteiger partial charge is 0.339 e. The first-order valence-corrected chi connectivity index (χ1v) is 7.59. The SMILES string of the molecule is CC1CCN(c2nc3c(cc2C(=O)O)CCC3)C(C)C1. The van der Waals surface area contributed by atoms with Crippen LogP contribution in [0.25, 0.3) is 0 Å². The molecule has 0 radical (unpaired) electrons. The molecular weight excluding hydrogens is 252 g/mol. The molecule has 2 atom stereocenters. The summed E-state index contributed by atoms with van der Waals surface area (Å²) in [4.78, 5) is 18.5. The molecule has 1 fully saturated rings. The topological polar surface area (TPSA) is 53.4 Å². The first kappa shape index (κ1) is 13.4. The van der Waals surface area contributed by atoms with E-state index >= 15 is 0 Å².